The van der Waals surface area contributed by atoms with Crippen LogP contribution in [0, 0.1) is 0 Å². The SMILES string of the molecule is COCCCNc1ncc(C(F)(F)F)cc1N. The van der Waals surface area contributed by atoms with Crippen molar-refractivity contribution in [1.29, 1.82) is 0 Å². The number of halogens is 3. The van der Waals surface area contributed by atoms with E-state index < -0.39 is 11.7 Å². The van der Waals surface area contributed by atoms with Gasteiger partial charge in [0.05, 0.1) is 11.3 Å². The Balaban J connectivity index is 2.64. The van der Waals surface area contributed by atoms with Gasteiger partial charge in [-0.2, -0.15) is 13.2 Å². The number of hydrogen-bond donors (Lipinski definition) is 2. The molecule has 0 aliphatic carbocycles. The maximum absolute atomic E-state index is 12.3. The number of rotatable bonds is 5. The Bertz CT molecular complexity index is 368. The summed E-state index contributed by atoms with van der Waals surface area (Å²) in [7, 11) is 1.57. The normalized spacial score (nSPS) is 11.5. The van der Waals surface area contributed by atoms with Crippen LogP contribution in [-0.4, -0.2) is 25.2 Å². The van der Waals surface area contributed by atoms with Gasteiger partial charge in [0, 0.05) is 26.5 Å². The van der Waals surface area contributed by atoms with Crippen LogP contribution in [-0.2, 0) is 10.9 Å². The fourth-order valence-electron chi connectivity index (χ4n) is 1.21. The first kappa shape index (κ1) is 13.6. The van der Waals surface area contributed by atoms with Gasteiger partial charge in [-0.15, -0.1) is 0 Å². The Labute approximate surface area is 97.0 Å². The molecule has 0 saturated heterocycles. The Morgan fingerprint density at radius 3 is 2.71 bits per heavy atom. The molecule has 0 atom stereocenters. The van der Waals surface area contributed by atoms with Crippen LogP contribution in [0.5, 0.6) is 0 Å². The number of pyridine rings is 1. The minimum Gasteiger partial charge on any atom is -0.396 e. The fourth-order valence-corrected chi connectivity index (χ4v) is 1.21. The van der Waals surface area contributed by atoms with Crippen LogP contribution in [0.25, 0.3) is 0 Å². The number of nitrogens with one attached hydrogen (secondary N) is 1. The molecular weight excluding hydrogens is 235 g/mol. The average Bonchev–Trinajstić information content (AvgIpc) is 2.24. The zero-order valence-electron chi connectivity index (χ0n) is 9.34. The third kappa shape index (κ3) is 4.10. The topological polar surface area (TPSA) is 60.2 Å². The first-order valence-electron chi connectivity index (χ1n) is 5.00. The highest BCUT2D eigenvalue weighted by Crippen LogP contribution is 2.31. The second-order valence-electron chi connectivity index (χ2n) is 3.43. The standard InChI is InChI=1S/C10H14F3N3O/c1-17-4-2-3-15-9-8(14)5-7(6-16-9)10(11,12)13/h5-6H,2-4,14H2,1H3,(H,15,16). The number of ether oxygens (including phenoxy) is 1. The number of nitrogen functional groups attached to an aromatic ring is 1. The van der Waals surface area contributed by atoms with E-state index in [9.17, 15) is 13.2 Å². The van der Waals surface area contributed by atoms with Gasteiger partial charge in [-0.05, 0) is 12.5 Å². The van der Waals surface area contributed by atoms with Crippen molar-refractivity contribution in [1.82, 2.24) is 4.98 Å². The van der Waals surface area contributed by atoms with Gasteiger partial charge in [0.2, 0.25) is 0 Å². The summed E-state index contributed by atoms with van der Waals surface area (Å²) in [6.45, 7) is 1.10. The molecule has 0 saturated carbocycles. The molecular formula is C10H14F3N3O. The lowest BCUT2D eigenvalue weighted by atomic mass is 10.2. The highest BCUT2D eigenvalue weighted by Gasteiger charge is 2.31. The number of alkyl halides is 3. The van der Waals surface area contributed by atoms with Crippen LogP contribution >= 0.6 is 0 Å². The maximum Gasteiger partial charge on any atom is 0.417 e. The second-order valence-corrected chi connectivity index (χ2v) is 3.43. The third-order valence-electron chi connectivity index (χ3n) is 2.06. The van der Waals surface area contributed by atoms with Crippen molar-refractivity contribution in [2.45, 2.75) is 12.6 Å². The molecule has 3 N–H and O–H groups in total. The first-order chi connectivity index (χ1) is 7.95. The van der Waals surface area contributed by atoms with Crippen molar-refractivity contribution in [3.8, 4) is 0 Å². The van der Waals surface area contributed by atoms with E-state index in [-0.39, 0.29) is 11.5 Å². The van der Waals surface area contributed by atoms with Crippen LogP contribution in [0.15, 0.2) is 12.3 Å². The molecule has 1 aromatic rings. The van der Waals surface area contributed by atoms with Crippen LogP contribution in [0.2, 0.25) is 0 Å². The van der Waals surface area contributed by atoms with Gasteiger partial charge in [-0.25, -0.2) is 4.98 Å². The molecule has 0 fully saturated rings. The van der Waals surface area contributed by atoms with E-state index in [0.29, 0.717) is 13.2 Å². The monoisotopic (exact) mass is 249 g/mol. The van der Waals surface area contributed by atoms with Gasteiger partial charge in [0.15, 0.2) is 0 Å². The molecule has 0 aliphatic rings. The molecule has 0 amide bonds. The molecule has 0 unspecified atom stereocenters. The summed E-state index contributed by atoms with van der Waals surface area (Å²) in [5, 5.41) is 2.84. The molecule has 1 rings (SSSR count). The molecule has 1 aromatic heterocycles. The summed E-state index contributed by atoms with van der Waals surface area (Å²) < 4.78 is 41.8. The van der Waals surface area contributed by atoms with Gasteiger partial charge >= 0.3 is 6.18 Å². The van der Waals surface area contributed by atoms with Crippen molar-refractivity contribution in [2.24, 2.45) is 0 Å². The van der Waals surface area contributed by atoms with E-state index >= 15 is 0 Å². The minimum absolute atomic E-state index is 0.0164. The summed E-state index contributed by atoms with van der Waals surface area (Å²) in [5.74, 6) is 0.258. The predicted octanol–water partition coefficient (Wildman–Crippen LogP) is 2.13. The maximum atomic E-state index is 12.3. The second kappa shape index (κ2) is 5.72. The summed E-state index contributed by atoms with van der Waals surface area (Å²) in [6.07, 6.45) is -2.94. The van der Waals surface area contributed by atoms with Gasteiger partial charge in [0.1, 0.15) is 5.82 Å². The molecule has 17 heavy (non-hydrogen) atoms. The summed E-state index contributed by atoms with van der Waals surface area (Å²) >= 11 is 0. The quantitative estimate of drug-likeness (QED) is 0.785. The van der Waals surface area contributed by atoms with Crippen molar-refractivity contribution < 1.29 is 17.9 Å². The molecule has 7 heteroatoms. The number of anilines is 2. The Kier molecular flexibility index (Phi) is 4.56. The Morgan fingerprint density at radius 2 is 2.18 bits per heavy atom. The van der Waals surface area contributed by atoms with Gasteiger partial charge in [-0.3, -0.25) is 0 Å². The molecule has 4 nitrogen and oxygen atoms in total. The number of aromatic nitrogens is 1. The Hall–Kier alpha value is -1.50. The number of hydrogen-bond acceptors (Lipinski definition) is 4. The average molecular weight is 249 g/mol. The summed E-state index contributed by atoms with van der Waals surface area (Å²) in [4.78, 5) is 3.65. The van der Waals surface area contributed by atoms with Crippen LogP contribution < -0.4 is 11.1 Å². The molecule has 96 valence electrons. The van der Waals surface area contributed by atoms with E-state index in [0.717, 1.165) is 18.7 Å². The molecule has 0 aromatic carbocycles. The first-order valence-corrected chi connectivity index (χ1v) is 5.00. The van der Waals surface area contributed by atoms with Crippen LogP contribution in [0.3, 0.4) is 0 Å². The fraction of sp³-hybridized carbons (Fsp3) is 0.500. The highest BCUT2D eigenvalue weighted by molar-refractivity contribution is 5.61. The molecule has 0 aliphatic heterocycles. The summed E-state index contributed by atoms with van der Waals surface area (Å²) in [6, 6.07) is 0.867. The van der Waals surface area contributed by atoms with E-state index in [1.165, 1.54) is 0 Å². The number of methoxy groups -OCH3 is 1. The predicted molar refractivity (Wildman–Crippen MR) is 58.6 cm³/mol. The molecule has 0 radical (unpaired) electrons. The van der Waals surface area contributed by atoms with Gasteiger partial charge in [-0.1, -0.05) is 0 Å². The van der Waals surface area contributed by atoms with Gasteiger partial charge < -0.3 is 15.8 Å². The molecule has 0 spiro atoms. The van der Waals surface area contributed by atoms with Crippen LogP contribution in [0.4, 0.5) is 24.7 Å². The van der Waals surface area contributed by atoms with E-state index in [4.69, 9.17) is 10.5 Å². The molecule has 1 heterocycles. The van der Waals surface area contributed by atoms with Crippen molar-refractivity contribution in [3.05, 3.63) is 17.8 Å². The van der Waals surface area contributed by atoms with Crippen molar-refractivity contribution >= 4 is 11.5 Å². The smallest absolute Gasteiger partial charge is 0.396 e. The van der Waals surface area contributed by atoms with Crippen molar-refractivity contribution in [2.75, 3.05) is 31.3 Å². The van der Waals surface area contributed by atoms with E-state index in [1.54, 1.807) is 7.11 Å². The minimum atomic E-state index is -4.42. The zero-order valence-corrected chi connectivity index (χ0v) is 9.34. The number of nitrogens with zero attached hydrogens (tertiary/aromatic N) is 1. The third-order valence-corrected chi connectivity index (χ3v) is 2.06. The van der Waals surface area contributed by atoms with Crippen LogP contribution in [0.1, 0.15) is 12.0 Å². The van der Waals surface area contributed by atoms with Crippen molar-refractivity contribution in [3.63, 3.8) is 0 Å². The lowest BCUT2D eigenvalue weighted by Gasteiger charge is -2.11. The van der Waals surface area contributed by atoms with E-state index in [2.05, 4.69) is 10.3 Å². The highest BCUT2D eigenvalue weighted by atomic mass is 19.4. The van der Waals surface area contributed by atoms with Gasteiger partial charge in [0.25, 0.3) is 0 Å². The zero-order chi connectivity index (χ0) is 12.9. The largest absolute Gasteiger partial charge is 0.417 e. The molecule has 0 bridgehead atoms. The lowest BCUT2D eigenvalue weighted by molar-refractivity contribution is -0.137. The number of nitrogens with two attached hydrogens (primary N) is 1. The Morgan fingerprint density at radius 1 is 1.47 bits per heavy atom. The summed E-state index contributed by atoms with van der Waals surface area (Å²) in [5.41, 5.74) is 4.61. The lowest BCUT2D eigenvalue weighted by Crippen LogP contribution is -2.11. The van der Waals surface area contributed by atoms with E-state index in [1.807, 2.05) is 0 Å².